The topological polar surface area (TPSA) is 72.1 Å². The van der Waals surface area contributed by atoms with Crippen molar-refractivity contribution in [1.29, 1.82) is 0 Å². The minimum Gasteiger partial charge on any atom is -0.384 e. The van der Waals surface area contributed by atoms with Crippen molar-refractivity contribution in [2.75, 3.05) is 12.3 Å². The van der Waals surface area contributed by atoms with Crippen LogP contribution in [0.3, 0.4) is 0 Å². The number of hydrogen-bond donors (Lipinski definition) is 1. The number of carbonyl (C=O) groups excluding carboxylic acids is 1. The van der Waals surface area contributed by atoms with Crippen LogP contribution in [0.15, 0.2) is 6.07 Å². The van der Waals surface area contributed by atoms with E-state index in [1.165, 1.54) is 0 Å². The molecule has 1 atom stereocenters. The van der Waals surface area contributed by atoms with Gasteiger partial charge in [-0.05, 0) is 31.6 Å². The summed E-state index contributed by atoms with van der Waals surface area (Å²) in [6.07, 6.45) is 2.68. The van der Waals surface area contributed by atoms with Gasteiger partial charge >= 0.3 is 0 Å². The van der Waals surface area contributed by atoms with E-state index in [0.29, 0.717) is 36.4 Å². The minimum atomic E-state index is 0.205. The second kappa shape index (κ2) is 6.20. The Morgan fingerprint density at radius 2 is 2.15 bits per heavy atom. The Morgan fingerprint density at radius 1 is 1.40 bits per heavy atom. The van der Waals surface area contributed by atoms with Crippen LogP contribution < -0.4 is 5.73 Å². The molecule has 5 nitrogen and oxygen atoms in total. The predicted octanol–water partition coefficient (Wildman–Crippen LogP) is 2.15. The highest BCUT2D eigenvalue weighted by molar-refractivity contribution is 5.76. The van der Waals surface area contributed by atoms with E-state index in [1.807, 2.05) is 11.8 Å². The predicted molar refractivity (Wildman–Crippen MR) is 78.8 cm³/mol. The Morgan fingerprint density at radius 3 is 2.80 bits per heavy atom. The highest BCUT2D eigenvalue weighted by Gasteiger charge is 2.24. The van der Waals surface area contributed by atoms with Gasteiger partial charge in [0.05, 0.1) is 6.54 Å². The number of amides is 1. The Kier molecular flexibility index (Phi) is 4.57. The lowest BCUT2D eigenvalue weighted by Crippen LogP contribution is -2.30. The summed E-state index contributed by atoms with van der Waals surface area (Å²) in [5.41, 5.74) is 6.58. The van der Waals surface area contributed by atoms with Crippen molar-refractivity contribution in [2.45, 2.75) is 46.6 Å². The molecule has 2 N–H and O–H groups in total. The standard InChI is InChI=1S/C15H24N4O/c1-10(2)12-4-5-15(20)19(7-6-12)9-14-17-11(3)8-13(16)18-14/h8,10,12H,4-7,9H2,1-3H3,(H2,16,17,18). The van der Waals surface area contributed by atoms with Crippen molar-refractivity contribution < 1.29 is 4.79 Å². The molecule has 1 unspecified atom stereocenters. The van der Waals surface area contributed by atoms with Crippen LogP contribution in [-0.2, 0) is 11.3 Å². The lowest BCUT2D eigenvalue weighted by atomic mass is 9.89. The zero-order chi connectivity index (χ0) is 14.7. The maximum atomic E-state index is 12.2. The van der Waals surface area contributed by atoms with Gasteiger partial charge in [0, 0.05) is 24.7 Å². The van der Waals surface area contributed by atoms with Gasteiger partial charge in [-0.2, -0.15) is 0 Å². The molecule has 5 heteroatoms. The van der Waals surface area contributed by atoms with E-state index in [4.69, 9.17) is 5.73 Å². The van der Waals surface area contributed by atoms with Crippen molar-refractivity contribution in [1.82, 2.24) is 14.9 Å². The fourth-order valence-electron chi connectivity index (χ4n) is 2.79. The zero-order valence-electron chi connectivity index (χ0n) is 12.6. The molecular formula is C15H24N4O. The molecule has 1 aromatic rings. The average Bonchev–Trinajstić information content (AvgIpc) is 2.51. The second-order valence-electron chi connectivity index (χ2n) is 6.00. The minimum absolute atomic E-state index is 0.205. The lowest BCUT2D eigenvalue weighted by Gasteiger charge is -2.21. The van der Waals surface area contributed by atoms with E-state index in [1.54, 1.807) is 6.07 Å². The lowest BCUT2D eigenvalue weighted by molar-refractivity contribution is -0.131. The van der Waals surface area contributed by atoms with Crippen LogP contribution in [0.5, 0.6) is 0 Å². The van der Waals surface area contributed by atoms with Crippen LogP contribution in [0.2, 0.25) is 0 Å². The molecule has 0 radical (unpaired) electrons. The summed E-state index contributed by atoms with van der Waals surface area (Å²) in [6.45, 7) is 7.61. The third kappa shape index (κ3) is 3.68. The molecule has 20 heavy (non-hydrogen) atoms. The Labute approximate surface area is 120 Å². The van der Waals surface area contributed by atoms with Gasteiger partial charge in [-0.25, -0.2) is 9.97 Å². The van der Waals surface area contributed by atoms with Gasteiger partial charge in [-0.1, -0.05) is 13.8 Å². The van der Waals surface area contributed by atoms with Crippen molar-refractivity contribution >= 4 is 11.7 Å². The molecule has 0 aliphatic carbocycles. The molecule has 0 aromatic carbocycles. The van der Waals surface area contributed by atoms with Gasteiger partial charge in [-0.3, -0.25) is 4.79 Å². The van der Waals surface area contributed by atoms with Crippen molar-refractivity contribution in [2.24, 2.45) is 11.8 Å². The first-order valence-electron chi connectivity index (χ1n) is 7.33. The van der Waals surface area contributed by atoms with Crippen LogP contribution in [-0.4, -0.2) is 27.3 Å². The fourth-order valence-corrected chi connectivity index (χ4v) is 2.79. The Bertz CT molecular complexity index is 467. The van der Waals surface area contributed by atoms with E-state index < -0.39 is 0 Å². The van der Waals surface area contributed by atoms with Crippen LogP contribution in [0, 0.1) is 18.8 Å². The molecule has 1 aliphatic heterocycles. The first-order valence-corrected chi connectivity index (χ1v) is 7.33. The molecule has 1 aromatic heterocycles. The summed E-state index contributed by atoms with van der Waals surface area (Å²) < 4.78 is 0. The monoisotopic (exact) mass is 276 g/mol. The highest BCUT2D eigenvalue weighted by atomic mass is 16.2. The molecular weight excluding hydrogens is 252 g/mol. The van der Waals surface area contributed by atoms with Crippen molar-refractivity contribution in [3.8, 4) is 0 Å². The largest absolute Gasteiger partial charge is 0.384 e. The number of hydrogen-bond acceptors (Lipinski definition) is 4. The number of aryl methyl sites for hydroxylation is 1. The maximum Gasteiger partial charge on any atom is 0.222 e. The number of nitrogens with zero attached hydrogens (tertiary/aromatic N) is 3. The second-order valence-corrected chi connectivity index (χ2v) is 6.00. The van der Waals surface area contributed by atoms with Crippen LogP contribution in [0.1, 0.15) is 44.6 Å². The van der Waals surface area contributed by atoms with Gasteiger partial charge in [0.2, 0.25) is 5.91 Å². The maximum absolute atomic E-state index is 12.2. The van der Waals surface area contributed by atoms with Crippen molar-refractivity contribution in [3.05, 3.63) is 17.6 Å². The number of nitrogen functional groups attached to an aromatic ring is 1. The summed E-state index contributed by atoms with van der Waals surface area (Å²) in [5.74, 6) is 2.58. The third-order valence-corrected chi connectivity index (χ3v) is 4.05. The number of likely N-dealkylation sites (tertiary alicyclic amines) is 1. The number of carbonyl (C=O) groups is 1. The average molecular weight is 276 g/mol. The summed E-state index contributed by atoms with van der Waals surface area (Å²) in [4.78, 5) is 22.6. The summed E-state index contributed by atoms with van der Waals surface area (Å²) in [6, 6.07) is 1.74. The third-order valence-electron chi connectivity index (χ3n) is 4.05. The molecule has 110 valence electrons. The summed E-state index contributed by atoms with van der Waals surface area (Å²) in [7, 11) is 0. The zero-order valence-corrected chi connectivity index (χ0v) is 12.6. The highest BCUT2D eigenvalue weighted by Crippen LogP contribution is 2.25. The van der Waals surface area contributed by atoms with Gasteiger partial charge in [0.1, 0.15) is 11.6 Å². The van der Waals surface area contributed by atoms with E-state index >= 15 is 0 Å². The molecule has 0 saturated carbocycles. The molecule has 1 aliphatic rings. The first-order chi connectivity index (χ1) is 9.45. The van der Waals surface area contributed by atoms with Crippen LogP contribution in [0.4, 0.5) is 5.82 Å². The number of anilines is 1. The van der Waals surface area contributed by atoms with Gasteiger partial charge in [0.15, 0.2) is 0 Å². The number of aromatic nitrogens is 2. The van der Waals surface area contributed by atoms with E-state index in [9.17, 15) is 4.79 Å². The van der Waals surface area contributed by atoms with E-state index in [2.05, 4.69) is 23.8 Å². The number of rotatable bonds is 3. The molecule has 1 fully saturated rings. The SMILES string of the molecule is Cc1cc(N)nc(CN2CCC(C(C)C)CCC2=O)n1. The van der Waals surface area contributed by atoms with Crippen LogP contribution in [0.25, 0.3) is 0 Å². The van der Waals surface area contributed by atoms with Gasteiger partial charge in [0.25, 0.3) is 0 Å². The quantitative estimate of drug-likeness (QED) is 0.918. The Hall–Kier alpha value is -1.65. The van der Waals surface area contributed by atoms with Crippen LogP contribution >= 0.6 is 0 Å². The normalized spacial score (nSPS) is 20.3. The van der Waals surface area contributed by atoms with Crippen molar-refractivity contribution in [3.63, 3.8) is 0 Å². The molecule has 1 amide bonds. The van der Waals surface area contributed by atoms with Gasteiger partial charge < -0.3 is 10.6 Å². The first kappa shape index (κ1) is 14.8. The molecule has 0 bridgehead atoms. The van der Waals surface area contributed by atoms with E-state index in [0.717, 1.165) is 25.1 Å². The van der Waals surface area contributed by atoms with E-state index in [-0.39, 0.29) is 5.91 Å². The summed E-state index contributed by atoms with van der Waals surface area (Å²) in [5, 5.41) is 0. The molecule has 0 spiro atoms. The number of nitrogens with two attached hydrogens (primary N) is 1. The Balaban J connectivity index is 2.06. The van der Waals surface area contributed by atoms with Gasteiger partial charge in [-0.15, -0.1) is 0 Å². The smallest absolute Gasteiger partial charge is 0.222 e. The summed E-state index contributed by atoms with van der Waals surface area (Å²) >= 11 is 0. The molecule has 2 heterocycles. The molecule has 1 saturated heterocycles. The molecule has 2 rings (SSSR count). The fraction of sp³-hybridized carbons (Fsp3) is 0.667.